The number of carbonyl (C=O) groups excluding carboxylic acids is 1. The molecule has 1 heterocycles. The Morgan fingerprint density at radius 3 is 2.55 bits per heavy atom. The molecule has 0 unspecified atom stereocenters. The van der Waals surface area contributed by atoms with Gasteiger partial charge in [0.05, 0.1) is 18.8 Å². The van der Waals surface area contributed by atoms with Gasteiger partial charge in [-0.15, -0.1) is 0 Å². The highest BCUT2D eigenvalue weighted by Crippen LogP contribution is 2.18. The molecule has 0 saturated carbocycles. The molecule has 0 aliphatic carbocycles. The quantitative estimate of drug-likeness (QED) is 0.862. The summed E-state index contributed by atoms with van der Waals surface area (Å²) in [5.41, 5.74) is 2.21. The molecule has 0 fully saturated rings. The molecule has 1 aromatic carbocycles. The maximum Gasteiger partial charge on any atom is 0.338 e. The topological polar surface area (TPSA) is 75.2 Å². The van der Waals surface area contributed by atoms with Crippen LogP contribution in [0.15, 0.2) is 36.4 Å². The maximum absolute atomic E-state index is 11.6. The van der Waals surface area contributed by atoms with E-state index in [1.165, 1.54) is 0 Å². The van der Waals surface area contributed by atoms with Gasteiger partial charge in [0.25, 0.3) is 0 Å². The summed E-state index contributed by atoms with van der Waals surface area (Å²) in [7, 11) is 0. The SMILES string of the molecule is CCOC(=O)c1ccc(-n2c(C#N)ccc2CO)cc1. The van der Waals surface area contributed by atoms with E-state index < -0.39 is 0 Å². The van der Waals surface area contributed by atoms with E-state index in [0.717, 1.165) is 0 Å². The van der Waals surface area contributed by atoms with Crippen LogP contribution in [0.2, 0.25) is 0 Å². The molecule has 1 aromatic heterocycles. The van der Waals surface area contributed by atoms with Crippen molar-refractivity contribution in [2.24, 2.45) is 0 Å². The summed E-state index contributed by atoms with van der Waals surface area (Å²) in [5.74, 6) is -0.380. The van der Waals surface area contributed by atoms with Gasteiger partial charge in [0.2, 0.25) is 0 Å². The Kier molecular flexibility index (Phi) is 4.18. The third-order valence-corrected chi connectivity index (χ3v) is 2.87. The van der Waals surface area contributed by atoms with Crippen LogP contribution in [0.1, 0.15) is 28.7 Å². The smallest absolute Gasteiger partial charge is 0.338 e. The fraction of sp³-hybridized carbons (Fsp3) is 0.200. The van der Waals surface area contributed by atoms with Gasteiger partial charge >= 0.3 is 5.97 Å². The van der Waals surface area contributed by atoms with Gasteiger partial charge < -0.3 is 14.4 Å². The predicted molar refractivity (Wildman–Crippen MR) is 72.4 cm³/mol. The first-order valence-corrected chi connectivity index (χ1v) is 6.20. The van der Waals surface area contributed by atoms with Crippen LogP contribution in [0.4, 0.5) is 0 Å². The molecule has 102 valence electrons. The average Bonchev–Trinajstić information content (AvgIpc) is 2.90. The Morgan fingerprint density at radius 2 is 2.00 bits per heavy atom. The molecule has 0 aliphatic rings. The van der Waals surface area contributed by atoms with Crippen LogP contribution in [-0.2, 0) is 11.3 Å². The normalized spacial score (nSPS) is 10.1. The van der Waals surface area contributed by atoms with Gasteiger partial charge in [-0.1, -0.05) is 0 Å². The van der Waals surface area contributed by atoms with Crippen LogP contribution in [-0.4, -0.2) is 22.2 Å². The lowest BCUT2D eigenvalue weighted by Crippen LogP contribution is -2.06. The number of esters is 1. The lowest BCUT2D eigenvalue weighted by Gasteiger charge is -2.10. The number of hydrogen-bond donors (Lipinski definition) is 1. The van der Waals surface area contributed by atoms with Crippen LogP contribution in [0.3, 0.4) is 0 Å². The van der Waals surface area contributed by atoms with Crippen molar-refractivity contribution in [3.05, 3.63) is 53.3 Å². The van der Waals surface area contributed by atoms with Gasteiger partial charge in [-0.25, -0.2) is 4.79 Å². The molecule has 0 bridgehead atoms. The second-order valence-corrected chi connectivity index (χ2v) is 4.08. The van der Waals surface area contributed by atoms with Crippen LogP contribution in [0.5, 0.6) is 0 Å². The number of aromatic nitrogens is 1. The molecular weight excluding hydrogens is 256 g/mol. The Labute approximate surface area is 116 Å². The largest absolute Gasteiger partial charge is 0.462 e. The lowest BCUT2D eigenvalue weighted by molar-refractivity contribution is 0.0526. The van der Waals surface area contributed by atoms with Gasteiger partial charge in [0.1, 0.15) is 11.8 Å². The van der Waals surface area contributed by atoms with E-state index in [1.54, 1.807) is 47.9 Å². The van der Waals surface area contributed by atoms with Gasteiger partial charge in [-0.2, -0.15) is 5.26 Å². The van der Waals surface area contributed by atoms with E-state index >= 15 is 0 Å². The minimum atomic E-state index is -0.380. The van der Waals surface area contributed by atoms with Gasteiger partial charge in [-0.3, -0.25) is 0 Å². The van der Waals surface area contributed by atoms with Crippen molar-refractivity contribution in [2.75, 3.05) is 6.61 Å². The maximum atomic E-state index is 11.6. The summed E-state index contributed by atoms with van der Waals surface area (Å²) < 4.78 is 6.56. The zero-order valence-electron chi connectivity index (χ0n) is 11.0. The van der Waals surface area contributed by atoms with E-state index in [1.807, 2.05) is 0 Å². The lowest BCUT2D eigenvalue weighted by atomic mass is 10.2. The van der Waals surface area contributed by atoms with Crippen LogP contribution in [0.25, 0.3) is 5.69 Å². The van der Waals surface area contributed by atoms with Crippen LogP contribution in [0, 0.1) is 11.3 Å². The van der Waals surface area contributed by atoms with Gasteiger partial charge in [0.15, 0.2) is 0 Å². The summed E-state index contributed by atoms with van der Waals surface area (Å²) in [4.78, 5) is 11.6. The van der Waals surface area contributed by atoms with E-state index in [0.29, 0.717) is 29.2 Å². The monoisotopic (exact) mass is 270 g/mol. The number of aliphatic hydroxyl groups is 1. The highest BCUT2D eigenvalue weighted by Gasteiger charge is 2.11. The standard InChI is InChI=1S/C15H14N2O3/c1-2-20-15(19)11-3-5-12(6-4-11)17-13(9-16)7-8-14(17)10-18/h3-8,18H,2,10H2,1H3. The third-order valence-electron chi connectivity index (χ3n) is 2.87. The number of carbonyl (C=O) groups is 1. The average molecular weight is 270 g/mol. The number of aliphatic hydroxyl groups excluding tert-OH is 1. The summed E-state index contributed by atoms with van der Waals surface area (Å²) in [6.07, 6.45) is 0. The number of nitriles is 1. The number of benzene rings is 1. The molecule has 20 heavy (non-hydrogen) atoms. The second kappa shape index (κ2) is 6.04. The van der Waals surface area contributed by atoms with Crippen molar-refractivity contribution in [1.82, 2.24) is 4.57 Å². The predicted octanol–water partition coefficient (Wildman–Crippen LogP) is 2.02. The fourth-order valence-electron chi connectivity index (χ4n) is 1.96. The molecule has 2 aromatic rings. The highest BCUT2D eigenvalue weighted by molar-refractivity contribution is 5.89. The molecule has 0 atom stereocenters. The van der Waals surface area contributed by atoms with E-state index in [4.69, 9.17) is 10.00 Å². The molecule has 0 amide bonds. The summed E-state index contributed by atoms with van der Waals surface area (Å²) in [6.45, 7) is 1.91. The molecule has 0 aliphatic heterocycles. The first kappa shape index (κ1) is 13.8. The molecule has 1 N–H and O–H groups in total. The molecule has 5 heteroatoms. The minimum Gasteiger partial charge on any atom is -0.462 e. The van der Waals surface area contributed by atoms with E-state index in [-0.39, 0.29) is 12.6 Å². The Balaban J connectivity index is 2.38. The first-order valence-electron chi connectivity index (χ1n) is 6.20. The van der Waals surface area contributed by atoms with Crippen molar-refractivity contribution in [1.29, 1.82) is 5.26 Å². The third kappa shape index (κ3) is 2.56. The molecule has 0 saturated heterocycles. The Morgan fingerprint density at radius 1 is 1.30 bits per heavy atom. The fourth-order valence-corrected chi connectivity index (χ4v) is 1.96. The van der Waals surface area contributed by atoms with Crippen molar-refractivity contribution in [2.45, 2.75) is 13.5 Å². The number of hydrogen-bond acceptors (Lipinski definition) is 4. The van der Waals surface area contributed by atoms with Crippen molar-refractivity contribution >= 4 is 5.97 Å². The van der Waals surface area contributed by atoms with E-state index in [9.17, 15) is 9.90 Å². The van der Waals surface area contributed by atoms with Crippen LogP contribution >= 0.6 is 0 Å². The number of ether oxygens (including phenoxy) is 1. The summed E-state index contributed by atoms with van der Waals surface area (Å²) in [5, 5.41) is 18.4. The van der Waals surface area contributed by atoms with Crippen molar-refractivity contribution in [3.8, 4) is 11.8 Å². The molecule has 0 spiro atoms. The van der Waals surface area contributed by atoms with Gasteiger partial charge in [-0.05, 0) is 43.3 Å². The first-order chi connectivity index (χ1) is 9.71. The Bertz CT molecular complexity index is 651. The molecule has 0 radical (unpaired) electrons. The molecule has 5 nitrogen and oxygen atoms in total. The Hall–Kier alpha value is -2.58. The molecule has 2 rings (SSSR count). The van der Waals surface area contributed by atoms with Gasteiger partial charge in [0, 0.05) is 11.4 Å². The van der Waals surface area contributed by atoms with Crippen molar-refractivity contribution in [3.63, 3.8) is 0 Å². The van der Waals surface area contributed by atoms with Crippen molar-refractivity contribution < 1.29 is 14.6 Å². The minimum absolute atomic E-state index is 0.165. The summed E-state index contributed by atoms with van der Waals surface area (Å²) in [6, 6.07) is 12.1. The number of nitrogens with zero attached hydrogens (tertiary/aromatic N) is 2. The number of rotatable bonds is 4. The van der Waals surface area contributed by atoms with E-state index in [2.05, 4.69) is 6.07 Å². The van der Waals surface area contributed by atoms with Crippen LogP contribution < -0.4 is 0 Å². The summed E-state index contributed by atoms with van der Waals surface area (Å²) >= 11 is 0. The second-order valence-electron chi connectivity index (χ2n) is 4.08. The zero-order valence-corrected chi connectivity index (χ0v) is 11.0. The molecular formula is C15H14N2O3. The highest BCUT2D eigenvalue weighted by atomic mass is 16.5. The zero-order chi connectivity index (χ0) is 14.5.